The highest BCUT2D eigenvalue weighted by molar-refractivity contribution is 6.16. The lowest BCUT2D eigenvalue weighted by atomic mass is 9.98. The average Bonchev–Trinajstić information content (AvgIpc) is 3.13. The molecule has 0 bridgehead atoms. The molecule has 0 unspecified atom stereocenters. The highest BCUT2D eigenvalue weighted by Crippen LogP contribution is 2.36. The molecule has 4 aromatic rings. The van der Waals surface area contributed by atoms with Crippen LogP contribution in [0.2, 0.25) is 0 Å². The Hall–Kier alpha value is -3.28. The highest BCUT2D eigenvalue weighted by atomic mass is 16.5. The van der Waals surface area contributed by atoms with Crippen molar-refractivity contribution in [3.63, 3.8) is 0 Å². The van der Waals surface area contributed by atoms with Crippen LogP contribution in [0.4, 0.5) is 0 Å². The Morgan fingerprint density at radius 1 is 1.20 bits per heavy atom. The fourth-order valence-electron chi connectivity index (χ4n) is 3.34. The van der Waals surface area contributed by atoms with Crippen molar-refractivity contribution in [2.45, 2.75) is 13.8 Å². The van der Waals surface area contributed by atoms with Crippen molar-refractivity contribution >= 4 is 27.7 Å². The van der Waals surface area contributed by atoms with Crippen LogP contribution in [0.5, 0.6) is 5.75 Å². The van der Waals surface area contributed by atoms with Crippen LogP contribution in [0.1, 0.15) is 21.8 Å². The van der Waals surface area contributed by atoms with Crippen molar-refractivity contribution < 1.29 is 14.1 Å². The van der Waals surface area contributed by atoms with E-state index in [1.54, 1.807) is 13.2 Å². The van der Waals surface area contributed by atoms with Gasteiger partial charge in [-0.3, -0.25) is 4.79 Å². The SMILES string of the molecule is COc1ccc2[nH]c3c(C(N)=O)cc(-c4c(C)noc4C)cc3c2c1. The smallest absolute Gasteiger partial charge is 0.250 e. The van der Waals surface area contributed by atoms with Gasteiger partial charge in [0.15, 0.2) is 0 Å². The molecule has 0 fully saturated rings. The van der Waals surface area contributed by atoms with E-state index in [2.05, 4.69) is 10.1 Å². The number of methoxy groups -OCH3 is 1. The maximum Gasteiger partial charge on any atom is 0.250 e. The molecule has 2 heterocycles. The molecule has 0 spiro atoms. The number of hydrogen-bond donors (Lipinski definition) is 2. The van der Waals surface area contributed by atoms with Gasteiger partial charge in [-0.15, -0.1) is 0 Å². The summed E-state index contributed by atoms with van der Waals surface area (Å²) < 4.78 is 10.6. The lowest BCUT2D eigenvalue weighted by Gasteiger charge is -2.06. The molecule has 25 heavy (non-hydrogen) atoms. The number of aromatic amines is 1. The van der Waals surface area contributed by atoms with Gasteiger partial charge in [0.2, 0.25) is 0 Å². The van der Waals surface area contributed by atoms with Crippen LogP contribution in [0.15, 0.2) is 34.9 Å². The predicted molar refractivity (Wildman–Crippen MR) is 95.8 cm³/mol. The number of ether oxygens (including phenoxy) is 1. The van der Waals surface area contributed by atoms with Crippen molar-refractivity contribution in [2.75, 3.05) is 7.11 Å². The second-order valence-corrected chi connectivity index (χ2v) is 6.05. The van der Waals surface area contributed by atoms with Gasteiger partial charge < -0.3 is 20.0 Å². The number of benzene rings is 2. The summed E-state index contributed by atoms with van der Waals surface area (Å²) in [6.07, 6.45) is 0. The molecule has 1 amide bonds. The van der Waals surface area contributed by atoms with E-state index in [1.807, 2.05) is 38.1 Å². The monoisotopic (exact) mass is 335 g/mol. The first-order valence-electron chi connectivity index (χ1n) is 7.86. The first-order valence-corrected chi connectivity index (χ1v) is 7.86. The van der Waals surface area contributed by atoms with Crippen LogP contribution < -0.4 is 10.5 Å². The van der Waals surface area contributed by atoms with Gasteiger partial charge in [-0.2, -0.15) is 0 Å². The number of fused-ring (bicyclic) bond motifs is 3. The molecule has 0 aliphatic heterocycles. The molecule has 2 aromatic carbocycles. The van der Waals surface area contributed by atoms with Crippen molar-refractivity contribution in [3.05, 3.63) is 47.3 Å². The maximum absolute atomic E-state index is 12.0. The van der Waals surface area contributed by atoms with Crippen LogP contribution >= 0.6 is 0 Å². The van der Waals surface area contributed by atoms with E-state index in [-0.39, 0.29) is 0 Å². The van der Waals surface area contributed by atoms with Gasteiger partial charge >= 0.3 is 0 Å². The molecule has 126 valence electrons. The molecule has 2 aromatic heterocycles. The molecule has 0 saturated carbocycles. The lowest BCUT2D eigenvalue weighted by Crippen LogP contribution is -2.11. The number of H-pyrrole nitrogens is 1. The molecule has 4 rings (SSSR count). The molecule has 0 radical (unpaired) electrons. The van der Waals surface area contributed by atoms with E-state index in [1.165, 1.54) is 0 Å². The Morgan fingerprint density at radius 3 is 2.64 bits per heavy atom. The number of nitrogens with zero attached hydrogens (tertiary/aromatic N) is 1. The number of nitrogens with one attached hydrogen (secondary N) is 1. The third-order valence-corrected chi connectivity index (χ3v) is 4.50. The zero-order chi connectivity index (χ0) is 17.7. The number of carbonyl (C=O) groups is 1. The number of rotatable bonds is 3. The number of carbonyl (C=O) groups excluding carboxylic acids is 1. The highest BCUT2D eigenvalue weighted by Gasteiger charge is 2.18. The normalized spacial score (nSPS) is 11.3. The summed E-state index contributed by atoms with van der Waals surface area (Å²) in [7, 11) is 1.63. The number of hydrogen-bond acceptors (Lipinski definition) is 4. The first-order chi connectivity index (χ1) is 12.0. The molecular formula is C19H17N3O3. The minimum Gasteiger partial charge on any atom is -0.497 e. The van der Waals surface area contributed by atoms with Crippen LogP contribution in [0.3, 0.4) is 0 Å². The Kier molecular flexibility index (Phi) is 3.28. The van der Waals surface area contributed by atoms with Gasteiger partial charge in [0.1, 0.15) is 11.5 Å². The van der Waals surface area contributed by atoms with Crippen molar-refractivity contribution in [2.24, 2.45) is 5.73 Å². The molecule has 6 heteroatoms. The molecule has 0 aliphatic carbocycles. The van der Waals surface area contributed by atoms with E-state index in [9.17, 15) is 4.79 Å². The van der Waals surface area contributed by atoms with Gasteiger partial charge in [-0.25, -0.2) is 0 Å². The second-order valence-electron chi connectivity index (χ2n) is 6.05. The number of aromatic nitrogens is 2. The first kappa shape index (κ1) is 15.3. The quantitative estimate of drug-likeness (QED) is 0.597. The van der Waals surface area contributed by atoms with Crippen molar-refractivity contribution in [1.29, 1.82) is 0 Å². The van der Waals surface area contributed by atoms with Crippen LogP contribution in [0.25, 0.3) is 32.9 Å². The van der Waals surface area contributed by atoms with Crippen molar-refractivity contribution in [3.8, 4) is 16.9 Å². The largest absolute Gasteiger partial charge is 0.497 e. The second kappa shape index (κ2) is 5.37. The summed E-state index contributed by atoms with van der Waals surface area (Å²) in [5, 5.41) is 5.87. The molecule has 6 nitrogen and oxygen atoms in total. The lowest BCUT2D eigenvalue weighted by molar-refractivity contribution is 0.100. The standard InChI is InChI=1S/C19H17N3O3/c1-9-17(10(2)25-22-9)11-6-14-13-8-12(24-3)4-5-16(13)21-18(14)15(7-11)19(20)23/h4-8,21H,1-3H3,(H2,20,23). The van der Waals surface area contributed by atoms with E-state index in [0.717, 1.165) is 38.9 Å². The summed E-state index contributed by atoms with van der Waals surface area (Å²) in [6.45, 7) is 3.72. The number of nitrogens with two attached hydrogens (primary N) is 1. The number of aryl methyl sites for hydroxylation is 2. The summed E-state index contributed by atoms with van der Waals surface area (Å²) in [4.78, 5) is 15.3. The zero-order valence-corrected chi connectivity index (χ0v) is 14.1. The summed E-state index contributed by atoms with van der Waals surface area (Å²) in [5.41, 5.74) is 10.2. The minimum absolute atomic E-state index is 0.433. The van der Waals surface area contributed by atoms with Gasteiger partial charge in [-0.1, -0.05) is 5.16 Å². The van der Waals surface area contributed by atoms with Gasteiger partial charge in [0.25, 0.3) is 5.91 Å². The van der Waals surface area contributed by atoms with Crippen LogP contribution in [0, 0.1) is 13.8 Å². The van der Waals surface area contributed by atoms with Crippen molar-refractivity contribution in [1.82, 2.24) is 10.1 Å². The number of primary amides is 1. The molecule has 0 atom stereocenters. The van der Waals surface area contributed by atoms with E-state index >= 15 is 0 Å². The maximum atomic E-state index is 12.0. The fraction of sp³-hybridized carbons (Fsp3) is 0.158. The Balaban J connectivity index is 2.13. The minimum atomic E-state index is -0.489. The summed E-state index contributed by atoms with van der Waals surface area (Å²) in [5.74, 6) is 0.957. The predicted octanol–water partition coefficient (Wildman–Crippen LogP) is 3.70. The van der Waals surface area contributed by atoms with Gasteiger partial charge in [-0.05, 0) is 49.7 Å². The average molecular weight is 335 g/mol. The molecule has 3 N–H and O–H groups in total. The summed E-state index contributed by atoms with van der Waals surface area (Å²) in [6, 6.07) is 9.54. The third-order valence-electron chi connectivity index (χ3n) is 4.50. The Labute approximate surface area is 143 Å². The zero-order valence-electron chi connectivity index (χ0n) is 14.1. The topological polar surface area (TPSA) is 94.1 Å². The Bertz CT molecular complexity index is 1120. The molecular weight excluding hydrogens is 318 g/mol. The van der Waals surface area contributed by atoms with E-state index in [4.69, 9.17) is 15.0 Å². The number of amides is 1. The van der Waals surface area contributed by atoms with E-state index in [0.29, 0.717) is 16.8 Å². The van der Waals surface area contributed by atoms with Gasteiger partial charge in [0, 0.05) is 21.9 Å². The van der Waals surface area contributed by atoms with Crippen LogP contribution in [-0.4, -0.2) is 23.2 Å². The summed E-state index contributed by atoms with van der Waals surface area (Å²) >= 11 is 0. The molecule has 0 saturated heterocycles. The third kappa shape index (κ3) is 2.26. The van der Waals surface area contributed by atoms with Crippen LogP contribution in [-0.2, 0) is 0 Å². The fourth-order valence-corrected chi connectivity index (χ4v) is 3.34. The van der Waals surface area contributed by atoms with Gasteiger partial charge in [0.05, 0.1) is 23.9 Å². The molecule has 0 aliphatic rings. The Morgan fingerprint density at radius 2 is 2.00 bits per heavy atom. The van der Waals surface area contributed by atoms with E-state index < -0.39 is 5.91 Å².